The fourth-order valence-electron chi connectivity index (χ4n) is 3.89. The van der Waals surface area contributed by atoms with Gasteiger partial charge in [0.25, 0.3) is 5.91 Å². The number of benzene rings is 1. The van der Waals surface area contributed by atoms with Crippen LogP contribution in [0.2, 0.25) is 0 Å². The Kier molecular flexibility index (Phi) is 6.38. The van der Waals surface area contributed by atoms with Gasteiger partial charge in [0.05, 0.1) is 11.3 Å². The highest BCUT2D eigenvalue weighted by Gasteiger charge is 2.27. The minimum Gasteiger partial charge on any atom is -0.354 e. The first-order valence-electron chi connectivity index (χ1n) is 9.94. The third-order valence-electron chi connectivity index (χ3n) is 5.45. The summed E-state index contributed by atoms with van der Waals surface area (Å²) in [5, 5.41) is 4.35. The molecule has 1 aliphatic rings. The maximum absolute atomic E-state index is 13.4. The predicted octanol–water partition coefficient (Wildman–Crippen LogP) is 5.43. The van der Waals surface area contributed by atoms with E-state index >= 15 is 0 Å². The number of aryl methyl sites for hydroxylation is 2. The van der Waals surface area contributed by atoms with Crippen molar-refractivity contribution in [2.24, 2.45) is 0 Å². The molecule has 4 rings (SSSR count). The van der Waals surface area contributed by atoms with E-state index < -0.39 is 0 Å². The number of carbonyl (C=O) groups excluding carboxylic acids is 1. The van der Waals surface area contributed by atoms with Crippen LogP contribution in [0.15, 0.2) is 42.6 Å². The molecule has 0 saturated carbocycles. The summed E-state index contributed by atoms with van der Waals surface area (Å²) in [4.78, 5) is 24.5. The third kappa shape index (κ3) is 4.35. The number of likely N-dealkylation sites (tertiary alicyclic amines) is 1. The summed E-state index contributed by atoms with van der Waals surface area (Å²) in [5.74, 6) is 0.0392. The van der Waals surface area contributed by atoms with E-state index in [9.17, 15) is 4.79 Å². The molecule has 0 bridgehead atoms. The minimum absolute atomic E-state index is 0. The molecule has 29 heavy (non-hydrogen) atoms. The second-order valence-electron chi connectivity index (χ2n) is 7.71. The lowest BCUT2D eigenvalue weighted by atomic mass is 10.0. The highest BCUT2D eigenvalue weighted by Crippen LogP contribution is 2.31. The Morgan fingerprint density at radius 3 is 2.76 bits per heavy atom. The molecule has 1 aliphatic heterocycles. The number of nitrogens with one attached hydrogen (secondary N) is 1. The zero-order chi connectivity index (χ0) is 19.7. The second-order valence-corrected chi connectivity index (χ2v) is 7.71. The molecule has 0 radical (unpaired) electrons. The third-order valence-corrected chi connectivity index (χ3v) is 5.45. The highest BCUT2D eigenvalue weighted by atomic mass is 35.5. The normalized spacial score (nSPS) is 16.4. The number of hydrogen-bond donors (Lipinski definition) is 1. The van der Waals surface area contributed by atoms with Crippen molar-refractivity contribution in [3.05, 3.63) is 59.4 Å². The topological polar surface area (TPSA) is 58.1 Å². The molecule has 1 unspecified atom stereocenters. The summed E-state index contributed by atoms with van der Waals surface area (Å²) in [7, 11) is 0. The van der Waals surface area contributed by atoms with Crippen molar-refractivity contribution >= 4 is 40.7 Å². The largest absolute Gasteiger partial charge is 0.354 e. The van der Waals surface area contributed by atoms with Crippen LogP contribution in [0.1, 0.15) is 47.8 Å². The number of fused-ring (bicyclic) bond motifs is 1. The molecular weight excluding hydrogens is 384 g/mol. The lowest BCUT2D eigenvalue weighted by Gasteiger charge is -2.34. The number of rotatable bonds is 3. The zero-order valence-corrected chi connectivity index (χ0v) is 17.9. The zero-order valence-electron chi connectivity index (χ0n) is 17.1. The average Bonchev–Trinajstić information content (AvgIpc) is 2.68. The molecule has 2 aromatic heterocycles. The van der Waals surface area contributed by atoms with Gasteiger partial charge in [-0.25, -0.2) is 9.97 Å². The molecule has 0 spiro atoms. The fourth-order valence-corrected chi connectivity index (χ4v) is 3.89. The Labute approximate surface area is 178 Å². The van der Waals surface area contributed by atoms with Crippen LogP contribution in [0, 0.1) is 13.8 Å². The molecule has 3 heterocycles. The molecular formula is C23H27ClN4O. The number of pyridine rings is 2. The van der Waals surface area contributed by atoms with Crippen molar-refractivity contribution in [2.45, 2.75) is 46.1 Å². The van der Waals surface area contributed by atoms with Gasteiger partial charge in [0.1, 0.15) is 0 Å². The van der Waals surface area contributed by atoms with Gasteiger partial charge in [-0.1, -0.05) is 12.1 Å². The Hall–Kier alpha value is -2.66. The standard InChI is InChI=1S/C23H26N4O.ClH/c1-15-7-6-9-18(13-15)26-21-19-11-10-16(2)25-22(19)24-14-20(21)23(28)27-12-5-4-8-17(27)3;/h6-7,9-11,13-14,17H,4-5,8,12H2,1-3H3,(H,24,25,26);1H. The summed E-state index contributed by atoms with van der Waals surface area (Å²) in [5.41, 5.74) is 5.06. The van der Waals surface area contributed by atoms with Crippen LogP contribution in [0.3, 0.4) is 0 Å². The number of carbonyl (C=O) groups is 1. The van der Waals surface area contributed by atoms with Gasteiger partial charge in [0, 0.05) is 35.6 Å². The molecule has 1 N–H and O–H groups in total. The van der Waals surface area contributed by atoms with Crippen LogP contribution in [-0.4, -0.2) is 33.4 Å². The molecule has 1 atom stereocenters. The van der Waals surface area contributed by atoms with E-state index in [1.165, 1.54) is 6.42 Å². The quantitative estimate of drug-likeness (QED) is 0.625. The van der Waals surface area contributed by atoms with Gasteiger partial charge in [0.2, 0.25) is 0 Å². The Morgan fingerprint density at radius 2 is 2.00 bits per heavy atom. The summed E-state index contributed by atoms with van der Waals surface area (Å²) in [6.07, 6.45) is 4.96. The van der Waals surface area contributed by atoms with Crippen molar-refractivity contribution in [1.82, 2.24) is 14.9 Å². The van der Waals surface area contributed by atoms with Gasteiger partial charge in [0.15, 0.2) is 5.65 Å². The van der Waals surface area contributed by atoms with E-state index in [0.717, 1.165) is 47.4 Å². The van der Waals surface area contributed by atoms with Gasteiger partial charge in [-0.05, 0) is 69.9 Å². The monoisotopic (exact) mass is 410 g/mol. The summed E-state index contributed by atoms with van der Waals surface area (Å²) in [6.45, 7) is 6.93. The van der Waals surface area contributed by atoms with Crippen molar-refractivity contribution in [2.75, 3.05) is 11.9 Å². The van der Waals surface area contributed by atoms with Crippen molar-refractivity contribution < 1.29 is 4.79 Å². The van der Waals surface area contributed by atoms with Crippen LogP contribution in [0.25, 0.3) is 11.0 Å². The van der Waals surface area contributed by atoms with Crippen LogP contribution in [-0.2, 0) is 0 Å². The van der Waals surface area contributed by atoms with Crippen LogP contribution in [0.5, 0.6) is 0 Å². The van der Waals surface area contributed by atoms with Gasteiger partial charge in [-0.3, -0.25) is 4.79 Å². The van der Waals surface area contributed by atoms with Crippen molar-refractivity contribution in [3.8, 4) is 0 Å². The lowest BCUT2D eigenvalue weighted by Crippen LogP contribution is -2.42. The molecule has 3 aromatic rings. The van der Waals surface area contributed by atoms with Gasteiger partial charge in [-0.2, -0.15) is 0 Å². The van der Waals surface area contributed by atoms with E-state index in [4.69, 9.17) is 0 Å². The highest BCUT2D eigenvalue weighted by molar-refractivity contribution is 6.07. The molecule has 5 nitrogen and oxygen atoms in total. The molecule has 1 aromatic carbocycles. The molecule has 6 heteroatoms. The number of aromatic nitrogens is 2. The van der Waals surface area contributed by atoms with Crippen LogP contribution < -0.4 is 5.32 Å². The van der Waals surface area contributed by atoms with Gasteiger partial charge >= 0.3 is 0 Å². The van der Waals surface area contributed by atoms with Gasteiger partial charge < -0.3 is 10.2 Å². The Balaban J connectivity index is 0.00000240. The first kappa shape index (κ1) is 21.1. The molecule has 1 fully saturated rings. The maximum Gasteiger partial charge on any atom is 0.257 e. The van der Waals surface area contributed by atoms with Gasteiger partial charge in [-0.15, -0.1) is 12.4 Å². The number of amides is 1. The fraction of sp³-hybridized carbons (Fsp3) is 0.348. The van der Waals surface area contributed by atoms with E-state index in [1.54, 1.807) is 6.20 Å². The molecule has 1 amide bonds. The number of hydrogen-bond acceptors (Lipinski definition) is 4. The first-order valence-corrected chi connectivity index (χ1v) is 9.94. The van der Waals surface area contributed by atoms with E-state index in [0.29, 0.717) is 11.2 Å². The number of halogens is 1. The lowest BCUT2D eigenvalue weighted by molar-refractivity contribution is 0.0636. The molecule has 152 valence electrons. The number of piperidine rings is 1. The van der Waals surface area contributed by atoms with E-state index in [2.05, 4.69) is 41.3 Å². The smallest absolute Gasteiger partial charge is 0.257 e. The Morgan fingerprint density at radius 1 is 1.17 bits per heavy atom. The minimum atomic E-state index is 0. The second kappa shape index (κ2) is 8.78. The summed E-state index contributed by atoms with van der Waals surface area (Å²) < 4.78 is 0. The van der Waals surface area contributed by atoms with Crippen LogP contribution in [0.4, 0.5) is 11.4 Å². The predicted molar refractivity (Wildman–Crippen MR) is 120 cm³/mol. The maximum atomic E-state index is 13.4. The van der Waals surface area contributed by atoms with Crippen molar-refractivity contribution in [3.63, 3.8) is 0 Å². The average molecular weight is 411 g/mol. The molecule has 0 aliphatic carbocycles. The van der Waals surface area contributed by atoms with Crippen LogP contribution >= 0.6 is 12.4 Å². The number of nitrogens with zero attached hydrogens (tertiary/aromatic N) is 3. The summed E-state index contributed by atoms with van der Waals surface area (Å²) in [6, 6.07) is 12.4. The van der Waals surface area contributed by atoms with E-state index in [1.807, 2.05) is 36.1 Å². The summed E-state index contributed by atoms with van der Waals surface area (Å²) >= 11 is 0. The SMILES string of the molecule is Cc1cccc(Nc2c(C(=O)N3CCCCC3C)cnc3nc(C)ccc23)c1.Cl. The van der Waals surface area contributed by atoms with E-state index in [-0.39, 0.29) is 24.4 Å². The number of anilines is 2. The first-order chi connectivity index (χ1) is 13.5. The Bertz CT molecular complexity index is 1040. The molecule has 1 saturated heterocycles. The van der Waals surface area contributed by atoms with Crippen molar-refractivity contribution in [1.29, 1.82) is 0 Å².